The molecule has 0 atom stereocenters. The summed E-state index contributed by atoms with van der Waals surface area (Å²) in [5.74, 6) is -1.07. The van der Waals surface area contributed by atoms with E-state index in [1.807, 2.05) is 0 Å². The van der Waals surface area contributed by atoms with Gasteiger partial charge in [0.25, 0.3) is 5.91 Å². The zero-order valence-corrected chi connectivity index (χ0v) is 8.65. The summed E-state index contributed by atoms with van der Waals surface area (Å²) >= 11 is 0. The third-order valence-corrected chi connectivity index (χ3v) is 1.76. The molecule has 2 N–H and O–H groups in total. The van der Waals surface area contributed by atoms with Gasteiger partial charge in [0, 0.05) is 24.4 Å². The first-order valence-electron chi connectivity index (χ1n) is 4.82. The predicted octanol–water partition coefficient (Wildman–Crippen LogP) is -0.0406. The van der Waals surface area contributed by atoms with Gasteiger partial charge >= 0.3 is 0 Å². The number of aliphatic hydroxyl groups excluding tert-OH is 1. The number of hydrogen-bond acceptors (Lipinski definition) is 4. The monoisotopic (exact) mass is 228 g/mol. The summed E-state index contributed by atoms with van der Waals surface area (Å²) in [5.41, 5.74) is 0.217. The van der Waals surface area contributed by atoms with E-state index >= 15 is 0 Å². The third-order valence-electron chi connectivity index (χ3n) is 1.76. The molecular weight excluding hydrogens is 215 g/mol. The number of ether oxygens (including phenoxy) is 1. The van der Waals surface area contributed by atoms with Crippen molar-refractivity contribution in [1.29, 1.82) is 0 Å². The number of nitrogens with zero attached hydrogens (tertiary/aromatic N) is 1. The second-order valence-electron chi connectivity index (χ2n) is 2.96. The summed E-state index contributed by atoms with van der Waals surface area (Å²) in [6.07, 6.45) is 1.23. The second kappa shape index (κ2) is 6.86. The molecule has 16 heavy (non-hydrogen) atoms. The van der Waals surface area contributed by atoms with Crippen molar-refractivity contribution in [3.05, 3.63) is 29.8 Å². The molecule has 0 saturated carbocycles. The minimum absolute atomic E-state index is 0.0521. The molecule has 5 nitrogen and oxygen atoms in total. The summed E-state index contributed by atoms with van der Waals surface area (Å²) in [6.45, 7) is 0.798. The number of halogens is 1. The van der Waals surface area contributed by atoms with Crippen molar-refractivity contribution in [2.75, 3.05) is 26.4 Å². The molecule has 0 radical (unpaired) electrons. The quantitative estimate of drug-likeness (QED) is 0.529. The number of amides is 1. The van der Waals surface area contributed by atoms with Crippen LogP contribution in [0.1, 0.15) is 10.4 Å². The van der Waals surface area contributed by atoms with E-state index in [1.165, 1.54) is 12.3 Å². The maximum Gasteiger partial charge on any atom is 0.251 e. The van der Waals surface area contributed by atoms with Crippen LogP contribution in [-0.4, -0.2) is 42.4 Å². The van der Waals surface area contributed by atoms with Gasteiger partial charge in [-0.3, -0.25) is 4.79 Å². The Morgan fingerprint density at radius 3 is 3.06 bits per heavy atom. The van der Waals surface area contributed by atoms with Gasteiger partial charge in [0.2, 0.25) is 5.95 Å². The lowest BCUT2D eigenvalue weighted by Gasteiger charge is -2.05. The molecule has 0 aliphatic heterocycles. The van der Waals surface area contributed by atoms with Crippen LogP contribution in [0.4, 0.5) is 4.39 Å². The van der Waals surface area contributed by atoms with E-state index in [-0.39, 0.29) is 24.7 Å². The molecule has 1 aromatic heterocycles. The highest BCUT2D eigenvalue weighted by Crippen LogP contribution is 1.99. The van der Waals surface area contributed by atoms with Crippen LogP contribution in [0.5, 0.6) is 0 Å². The largest absolute Gasteiger partial charge is 0.394 e. The lowest BCUT2D eigenvalue weighted by Crippen LogP contribution is -2.27. The fraction of sp³-hybridized carbons (Fsp3) is 0.400. The van der Waals surface area contributed by atoms with Crippen molar-refractivity contribution < 1.29 is 19.0 Å². The smallest absolute Gasteiger partial charge is 0.251 e. The first-order chi connectivity index (χ1) is 7.74. The Morgan fingerprint density at radius 1 is 1.56 bits per heavy atom. The van der Waals surface area contributed by atoms with Gasteiger partial charge in [0.15, 0.2) is 0 Å². The number of aliphatic hydroxyl groups is 1. The fourth-order valence-electron chi connectivity index (χ4n) is 1.05. The highest BCUT2D eigenvalue weighted by molar-refractivity contribution is 5.93. The first kappa shape index (κ1) is 12.5. The Bertz CT molecular complexity index is 347. The highest BCUT2D eigenvalue weighted by Gasteiger charge is 2.05. The van der Waals surface area contributed by atoms with Gasteiger partial charge in [-0.25, -0.2) is 4.98 Å². The fourth-order valence-corrected chi connectivity index (χ4v) is 1.05. The SMILES string of the molecule is O=C(NCCOCCO)c1ccnc(F)c1. The van der Waals surface area contributed by atoms with Crippen molar-refractivity contribution in [3.63, 3.8) is 0 Å². The molecule has 1 amide bonds. The summed E-state index contributed by atoms with van der Waals surface area (Å²) in [7, 11) is 0. The lowest BCUT2D eigenvalue weighted by atomic mass is 10.2. The van der Waals surface area contributed by atoms with Crippen LogP contribution in [0.15, 0.2) is 18.3 Å². The summed E-state index contributed by atoms with van der Waals surface area (Å²) < 4.78 is 17.6. The van der Waals surface area contributed by atoms with Gasteiger partial charge < -0.3 is 15.2 Å². The van der Waals surface area contributed by atoms with Crippen LogP contribution in [-0.2, 0) is 4.74 Å². The summed E-state index contributed by atoms with van der Waals surface area (Å²) in [4.78, 5) is 14.8. The molecule has 1 heterocycles. The number of nitrogens with one attached hydrogen (secondary N) is 1. The Kier molecular flexibility index (Phi) is 5.38. The van der Waals surface area contributed by atoms with Gasteiger partial charge in [-0.1, -0.05) is 0 Å². The van der Waals surface area contributed by atoms with E-state index in [4.69, 9.17) is 9.84 Å². The van der Waals surface area contributed by atoms with Crippen molar-refractivity contribution in [2.24, 2.45) is 0 Å². The maximum absolute atomic E-state index is 12.7. The zero-order chi connectivity index (χ0) is 11.8. The molecule has 0 aliphatic rings. The number of carbonyl (C=O) groups is 1. The number of hydrogen-bond donors (Lipinski definition) is 2. The molecule has 6 heteroatoms. The van der Waals surface area contributed by atoms with Crippen molar-refractivity contribution in [2.45, 2.75) is 0 Å². The molecule has 1 rings (SSSR count). The third kappa shape index (κ3) is 4.33. The molecule has 0 aromatic carbocycles. The van der Waals surface area contributed by atoms with Crippen LogP contribution < -0.4 is 5.32 Å². The van der Waals surface area contributed by atoms with Crippen molar-refractivity contribution >= 4 is 5.91 Å². The van der Waals surface area contributed by atoms with Gasteiger partial charge in [0.05, 0.1) is 19.8 Å². The van der Waals surface area contributed by atoms with Gasteiger partial charge in [-0.15, -0.1) is 0 Å². The van der Waals surface area contributed by atoms with Crippen molar-refractivity contribution in [3.8, 4) is 0 Å². The molecule has 0 aliphatic carbocycles. The molecule has 0 bridgehead atoms. The standard InChI is InChI=1S/C10H13FN2O3/c11-9-7-8(1-2-12-9)10(15)13-3-5-16-6-4-14/h1-2,7,14H,3-6H2,(H,13,15). The normalized spacial score (nSPS) is 10.1. The molecular formula is C10H13FN2O3. The number of pyridine rings is 1. The topological polar surface area (TPSA) is 71.5 Å². The minimum Gasteiger partial charge on any atom is -0.394 e. The first-order valence-corrected chi connectivity index (χ1v) is 4.82. The molecule has 1 aromatic rings. The Balaban J connectivity index is 2.30. The van der Waals surface area contributed by atoms with Gasteiger partial charge in [-0.05, 0) is 6.07 Å². The van der Waals surface area contributed by atoms with Gasteiger partial charge in [0.1, 0.15) is 0 Å². The number of aromatic nitrogens is 1. The van der Waals surface area contributed by atoms with E-state index in [0.717, 1.165) is 6.07 Å². The van der Waals surface area contributed by atoms with Crippen LogP contribution in [0.2, 0.25) is 0 Å². The highest BCUT2D eigenvalue weighted by atomic mass is 19.1. The average Bonchev–Trinajstić information content (AvgIpc) is 2.28. The van der Waals surface area contributed by atoms with E-state index in [9.17, 15) is 9.18 Å². The van der Waals surface area contributed by atoms with E-state index < -0.39 is 5.95 Å². The average molecular weight is 228 g/mol. The predicted molar refractivity (Wildman–Crippen MR) is 54.4 cm³/mol. The van der Waals surface area contributed by atoms with Crippen LogP contribution in [0.3, 0.4) is 0 Å². The van der Waals surface area contributed by atoms with Crippen LogP contribution in [0, 0.1) is 5.95 Å². The van der Waals surface area contributed by atoms with E-state index in [1.54, 1.807) is 0 Å². The molecule has 0 spiro atoms. The summed E-state index contributed by atoms with van der Waals surface area (Å²) in [5, 5.41) is 11.0. The van der Waals surface area contributed by atoms with E-state index in [2.05, 4.69) is 10.3 Å². The maximum atomic E-state index is 12.7. The molecule has 0 saturated heterocycles. The van der Waals surface area contributed by atoms with Crippen LogP contribution in [0.25, 0.3) is 0 Å². The lowest BCUT2D eigenvalue weighted by molar-refractivity contribution is 0.0837. The second-order valence-corrected chi connectivity index (χ2v) is 2.96. The molecule has 0 fully saturated rings. The summed E-state index contributed by atoms with van der Waals surface area (Å²) in [6, 6.07) is 2.48. The Morgan fingerprint density at radius 2 is 2.38 bits per heavy atom. The molecule has 88 valence electrons. The Hall–Kier alpha value is -1.53. The van der Waals surface area contributed by atoms with Gasteiger partial charge in [-0.2, -0.15) is 4.39 Å². The van der Waals surface area contributed by atoms with E-state index in [0.29, 0.717) is 13.2 Å². The number of carbonyl (C=O) groups excluding carboxylic acids is 1. The zero-order valence-electron chi connectivity index (χ0n) is 8.65. The molecule has 0 unspecified atom stereocenters. The number of rotatable bonds is 6. The Labute approximate surface area is 92.3 Å². The van der Waals surface area contributed by atoms with Crippen molar-refractivity contribution in [1.82, 2.24) is 10.3 Å². The minimum atomic E-state index is -0.691. The van der Waals surface area contributed by atoms with Crippen LogP contribution >= 0.6 is 0 Å².